The van der Waals surface area contributed by atoms with E-state index in [0.29, 0.717) is 5.56 Å². The lowest BCUT2D eigenvalue weighted by Gasteiger charge is -2.12. The Morgan fingerprint density at radius 3 is 2.33 bits per heavy atom. The van der Waals surface area contributed by atoms with Gasteiger partial charge in [0.25, 0.3) is 0 Å². The monoisotopic (exact) mass is 271 g/mol. The predicted molar refractivity (Wildman–Crippen MR) is 68.9 cm³/mol. The Morgan fingerprint density at radius 1 is 1.33 bits per heavy atom. The zero-order chi connectivity index (χ0) is 13.8. The lowest BCUT2D eigenvalue weighted by molar-refractivity contribution is 0.0697. The second kappa shape index (κ2) is 5.97. The Morgan fingerprint density at radius 2 is 1.89 bits per heavy atom. The number of hydrogen-bond donors (Lipinski definition) is 2. The second-order valence-corrected chi connectivity index (χ2v) is 5.94. The quantitative estimate of drug-likeness (QED) is 0.823. The molecule has 0 aromatic heterocycles. The molecular formula is C12H17NO4S. The summed E-state index contributed by atoms with van der Waals surface area (Å²) >= 11 is 0. The van der Waals surface area contributed by atoms with Crippen LogP contribution >= 0.6 is 0 Å². The molecule has 1 aromatic rings. The van der Waals surface area contributed by atoms with Gasteiger partial charge < -0.3 is 5.11 Å². The number of aromatic carboxylic acids is 1. The van der Waals surface area contributed by atoms with Crippen molar-refractivity contribution in [3.63, 3.8) is 0 Å². The molecule has 1 unspecified atom stereocenters. The van der Waals surface area contributed by atoms with Crippen LogP contribution < -0.4 is 4.72 Å². The van der Waals surface area contributed by atoms with Gasteiger partial charge in [0.1, 0.15) is 0 Å². The van der Waals surface area contributed by atoms with Crippen molar-refractivity contribution in [1.29, 1.82) is 0 Å². The minimum Gasteiger partial charge on any atom is -0.478 e. The van der Waals surface area contributed by atoms with E-state index in [9.17, 15) is 13.2 Å². The lowest BCUT2D eigenvalue weighted by atomic mass is 10.1. The van der Waals surface area contributed by atoms with Crippen LogP contribution in [0.25, 0.3) is 0 Å². The summed E-state index contributed by atoms with van der Waals surface area (Å²) in [4.78, 5) is 10.7. The van der Waals surface area contributed by atoms with Crippen molar-refractivity contribution in [2.75, 3.05) is 0 Å². The first-order valence-corrected chi connectivity index (χ1v) is 7.31. The summed E-state index contributed by atoms with van der Waals surface area (Å²) < 4.78 is 26.1. The third kappa shape index (κ3) is 4.46. The number of sulfonamides is 1. The van der Waals surface area contributed by atoms with Crippen molar-refractivity contribution in [2.24, 2.45) is 0 Å². The van der Waals surface area contributed by atoms with E-state index >= 15 is 0 Å². The van der Waals surface area contributed by atoms with Gasteiger partial charge in [-0.05, 0) is 31.0 Å². The normalized spacial score (nSPS) is 13.2. The number of carboxylic acid groups (broad SMARTS) is 1. The molecule has 0 spiro atoms. The van der Waals surface area contributed by atoms with Crippen molar-refractivity contribution < 1.29 is 18.3 Å². The summed E-state index contributed by atoms with van der Waals surface area (Å²) in [6, 6.07) is 5.72. The first-order valence-electron chi connectivity index (χ1n) is 5.66. The van der Waals surface area contributed by atoms with E-state index in [1.807, 2.05) is 6.92 Å². The number of nitrogens with one attached hydrogen (secondary N) is 1. The van der Waals surface area contributed by atoms with Gasteiger partial charge in [0.05, 0.1) is 11.3 Å². The maximum Gasteiger partial charge on any atom is 0.335 e. The van der Waals surface area contributed by atoms with Crippen LogP contribution in [0.2, 0.25) is 0 Å². The highest BCUT2D eigenvalue weighted by Crippen LogP contribution is 2.08. The Kier molecular flexibility index (Phi) is 4.86. The molecule has 6 heteroatoms. The number of carbonyl (C=O) groups is 1. The number of rotatable bonds is 6. The van der Waals surface area contributed by atoms with Crippen LogP contribution in [0.5, 0.6) is 0 Å². The summed E-state index contributed by atoms with van der Waals surface area (Å²) in [6.45, 7) is 3.69. The average Bonchev–Trinajstić information content (AvgIpc) is 2.28. The van der Waals surface area contributed by atoms with E-state index in [0.717, 1.165) is 6.42 Å². The van der Waals surface area contributed by atoms with E-state index < -0.39 is 16.0 Å². The molecule has 1 aromatic carbocycles. The van der Waals surface area contributed by atoms with Crippen LogP contribution in [0, 0.1) is 0 Å². The first kappa shape index (κ1) is 14.7. The Balaban J connectivity index is 2.75. The van der Waals surface area contributed by atoms with Gasteiger partial charge in [-0.3, -0.25) is 0 Å². The van der Waals surface area contributed by atoms with Gasteiger partial charge in [-0.25, -0.2) is 17.9 Å². The number of hydrogen-bond acceptors (Lipinski definition) is 3. The van der Waals surface area contributed by atoms with Crippen LogP contribution in [0.15, 0.2) is 24.3 Å². The van der Waals surface area contributed by atoms with Gasteiger partial charge in [0.2, 0.25) is 10.0 Å². The molecule has 0 aliphatic carbocycles. The third-order valence-corrected chi connectivity index (χ3v) is 4.03. The van der Waals surface area contributed by atoms with E-state index in [1.54, 1.807) is 6.92 Å². The lowest BCUT2D eigenvalue weighted by Crippen LogP contribution is -2.32. The molecule has 0 aliphatic rings. The average molecular weight is 271 g/mol. The molecule has 0 bridgehead atoms. The highest BCUT2D eigenvalue weighted by Gasteiger charge is 2.14. The fourth-order valence-corrected chi connectivity index (χ4v) is 2.89. The minimum atomic E-state index is -3.38. The third-order valence-electron chi connectivity index (χ3n) is 2.55. The molecule has 5 nitrogen and oxygen atoms in total. The first-order chi connectivity index (χ1) is 8.34. The Labute approximate surface area is 107 Å². The molecule has 1 rings (SSSR count). The zero-order valence-corrected chi connectivity index (χ0v) is 11.2. The minimum absolute atomic E-state index is 0.103. The second-order valence-electron chi connectivity index (χ2n) is 4.19. The van der Waals surface area contributed by atoms with Gasteiger partial charge in [0.15, 0.2) is 0 Å². The molecule has 1 atom stereocenters. The van der Waals surface area contributed by atoms with E-state index in [4.69, 9.17) is 5.11 Å². The molecule has 0 aliphatic heterocycles. The van der Waals surface area contributed by atoms with Crippen LogP contribution in [-0.2, 0) is 15.8 Å². The van der Waals surface area contributed by atoms with Crippen molar-refractivity contribution in [1.82, 2.24) is 4.72 Å². The summed E-state index contributed by atoms with van der Waals surface area (Å²) in [5.74, 6) is -1.17. The Bertz CT molecular complexity index is 507. The molecule has 0 heterocycles. The topological polar surface area (TPSA) is 83.5 Å². The SMILES string of the molecule is CCC(C)NS(=O)(=O)Cc1ccc(C(=O)O)cc1. The van der Waals surface area contributed by atoms with Crippen LogP contribution in [-0.4, -0.2) is 25.5 Å². The maximum absolute atomic E-state index is 11.8. The molecule has 0 amide bonds. The largest absolute Gasteiger partial charge is 0.478 e. The van der Waals surface area contributed by atoms with Crippen LogP contribution in [0.3, 0.4) is 0 Å². The molecule has 100 valence electrons. The highest BCUT2D eigenvalue weighted by atomic mass is 32.2. The van der Waals surface area contributed by atoms with E-state index in [2.05, 4.69) is 4.72 Å². The van der Waals surface area contributed by atoms with Crippen molar-refractivity contribution in [3.8, 4) is 0 Å². The van der Waals surface area contributed by atoms with Gasteiger partial charge >= 0.3 is 5.97 Å². The molecule has 0 fully saturated rings. The summed E-state index contributed by atoms with van der Waals surface area (Å²) in [5.41, 5.74) is 0.710. The van der Waals surface area contributed by atoms with Gasteiger partial charge in [-0.2, -0.15) is 0 Å². The van der Waals surface area contributed by atoms with Gasteiger partial charge in [0, 0.05) is 6.04 Å². The van der Waals surface area contributed by atoms with E-state index in [1.165, 1.54) is 24.3 Å². The summed E-state index contributed by atoms with van der Waals surface area (Å²) in [7, 11) is -3.38. The molecular weight excluding hydrogens is 254 g/mol. The summed E-state index contributed by atoms with van der Waals surface area (Å²) in [6.07, 6.45) is 0.719. The van der Waals surface area contributed by atoms with Crippen LogP contribution in [0.4, 0.5) is 0 Å². The van der Waals surface area contributed by atoms with Crippen molar-refractivity contribution in [3.05, 3.63) is 35.4 Å². The van der Waals surface area contributed by atoms with Gasteiger partial charge in [-0.1, -0.05) is 19.1 Å². The standard InChI is InChI=1S/C12H17NO4S/c1-3-9(2)13-18(16,17)8-10-4-6-11(7-5-10)12(14)15/h4-7,9,13H,3,8H2,1-2H3,(H,14,15). The molecule has 0 saturated heterocycles. The van der Waals surface area contributed by atoms with Crippen molar-refractivity contribution >= 4 is 16.0 Å². The zero-order valence-electron chi connectivity index (χ0n) is 10.4. The fraction of sp³-hybridized carbons (Fsp3) is 0.417. The molecule has 0 saturated carbocycles. The van der Waals surface area contributed by atoms with Crippen molar-refractivity contribution in [2.45, 2.75) is 32.1 Å². The predicted octanol–water partition coefficient (Wildman–Crippen LogP) is 1.60. The maximum atomic E-state index is 11.8. The fourth-order valence-electron chi connectivity index (χ4n) is 1.39. The number of benzene rings is 1. The van der Waals surface area contributed by atoms with Gasteiger partial charge in [-0.15, -0.1) is 0 Å². The highest BCUT2D eigenvalue weighted by molar-refractivity contribution is 7.88. The Hall–Kier alpha value is -1.40. The van der Waals surface area contributed by atoms with Crippen LogP contribution in [0.1, 0.15) is 36.2 Å². The molecule has 18 heavy (non-hydrogen) atoms. The smallest absolute Gasteiger partial charge is 0.335 e. The number of carboxylic acids is 1. The molecule has 0 radical (unpaired) electrons. The van der Waals surface area contributed by atoms with E-state index in [-0.39, 0.29) is 17.4 Å². The molecule has 2 N–H and O–H groups in total. The summed E-state index contributed by atoms with van der Waals surface area (Å²) in [5, 5.41) is 8.73.